The minimum absolute atomic E-state index is 0.311. The number of pyridine rings is 2. The van der Waals surface area contributed by atoms with Crippen LogP contribution < -0.4 is 48.9 Å². The summed E-state index contributed by atoms with van der Waals surface area (Å²) in [6, 6.07) is 37.5. The lowest BCUT2D eigenvalue weighted by Gasteiger charge is -2.32. The van der Waals surface area contributed by atoms with Crippen LogP contribution >= 0.6 is 0 Å². The van der Waals surface area contributed by atoms with E-state index in [1.165, 1.54) is 9.80 Å². The van der Waals surface area contributed by atoms with E-state index < -0.39 is 12.2 Å². The van der Waals surface area contributed by atoms with Gasteiger partial charge in [-0.05, 0) is 125 Å². The lowest BCUT2D eigenvalue weighted by atomic mass is 10.1. The molecule has 6 heterocycles. The smallest absolute Gasteiger partial charge is 0.420 e. The largest absolute Gasteiger partial charge is 0.493 e. The molecule has 90 heavy (non-hydrogen) atoms. The van der Waals surface area contributed by atoms with Gasteiger partial charge in [0.1, 0.15) is 36.3 Å². The maximum atomic E-state index is 13.6. The van der Waals surface area contributed by atoms with Gasteiger partial charge >= 0.3 is 12.2 Å². The molecule has 0 aliphatic carbocycles. The van der Waals surface area contributed by atoms with Gasteiger partial charge in [0.25, 0.3) is 0 Å². The van der Waals surface area contributed by atoms with Crippen LogP contribution in [0.4, 0.5) is 44.5 Å². The molecule has 0 saturated carbocycles. The quantitative estimate of drug-likeness (QED) is 0.0576. The second-order valence-corrected chi connectivity index (χ2v) is 22.1. The third kappa shape index (κ3) is 18.8. The van der Waals surface area contributed by atoms with E-state index in [0.29, 0.717) is 109 Å². The minimum Gasteiger partial charge on any atom is -0.493 e. The van der Waals surface area contributed by atoms with Gasteiger partial charge in [0.05, 0.1) is 14.2 Å². The molecule has 472 valence electrons. The Labute approximate surface area is 527 Å². The van der Waals surface area contributed by atoms with Gasteiger partial charge in [-0.2, -0.15) is 9.97 Å². The first kappa shape index (κ1) is 65.0. The van der Waals surface area contributed by atoms with Crippen molar-refractivity contribution in [1.82, 2.24) is 49.5 Å². The van der Waals surface area contributed by atoms with E-state index >= 15 is 0 Å². The van der Waals surface area contributed by atoms with Crippen LogP contribution in [0.2, 0.25) is 0 Å². The van der Waals surface area contributed by atoms with E-state index in [4.69, 9.17) is 28.4 Å². The Morgan fingerprint density at radius 2 is 0.867 bits per heavy atom. The molecule has 0 atom stereocenters. The number of likely N-dealkylation sites (N-methyl/N-ethyl adjacent to an activating group) is 2. The highest BCUT2D eigenvalue weighted by Crippen LogP contribution is 2.34. The van der Waals surface area contributed by atoms with E-state index in [0.717, 1.165) is 99.1 Å². The van der Waals surface area contributed by atoms with Crippen molar-refractivity contribution in [2.24, 2.45) is 0 Å². The van der Waals surface area contributed by atoms with Gasteiger partial charge < -0.3 is 48.9 Å². The predicted octanol–water partition coefficient (Wildman–Crippen LogP) is 10.2. The van der Waals surface area contributed by atoms with Crippen molar-refractivity contribution in [3.8, 4) is 34.5 Å². The number of piperazine rings is 2. The van der Waals surface area contributed by atoms with Crippen LogP contribution in [0, 0.1) is 27.7 Å². The normalized spacial score (nSPS) is 13.7. The Bertz CT molecular complexity index is 3320. The number of ether oxygens (including phenoxy) is 6. The maximum Gasteiger partial charge on any atom is 0.420 e. The van der Waals surface area contributed by atoms with Crippen molar-refractivity contribution in [3.63, 3.8) is 0 Å². The molecule has 2 aliphatic heterocycles. The SMILES string of the molecule is COc1cc(Nc2nccc(N(CCc3ccccn3)C(=O)Oc3c(C)cccc3C)n2)ccc1OCCN1CCN(C)CC1.COc1cc(Nc2nccc(N(CCc3ccccn3)C(=O)Oc3c(C)cccc3C)n2)ccc1OCCN1CCN(C)CC1. The number of aromatic nitrogens is 6. The minimum atomic E-state index is -0.535. The van der Waals surface area contributed by atoms with Crippen LogP contribution in [-0.2, 0) is 12.8 Å². The molecule has 0 unspecified atom stereocenters. The van der Waals surface area contributed by atoms with Crippen molar-refractivity contribution >= 4 is 47.1 Å². The summed E-state index contributed by atoms with van der Waals surface area (Å²) in [7, 11) is 7.53. The summed E-state index contributed by atoms with van der Waals surface area (Å²) in [5.74, 6) is 5.05. The number of hydrogen-bond donors (Lipinski definition) is 2. The molecule has 2 fully saturated rings. The summed E-state index contributed by atoms with van der Waals surface area (Å²) >= 11 is 0. The van der Waals surface area contributed by atoms with Crippen LogP contribution in [0.5, 0.6) is 34.5 Å². The molecule has 10 rings (SSSR count). The molecular formula is C68H82N14O8. The molecule has 2 N–H and O–H groups in total. The van der Waals surface area contributed by atoms with Crippen LogP contribution in [-0.4, -0.2) is 182 Å². The first-order valence-electron chi connectivity index (χ1n) is 30.3. The first-order chi connectivity index (χ1) is 43.8. The predicted molar refractivity (Wildman–Crippen MR) is 350 cm³/mol. The zero-order valence-corrected chi connectivity index (χ0v) is 52.8. The number of benzene rings is 4. The Morgan fingerprint density at radius 3 is 1.23 bits per heavy atom. The second kappa shape index (κ2) is 32.7. The second-order valence-electron chi connectivity index (χ2n) is 22.1. The highest BCUT2D eigenvalue weighted by Gasteiger charge is 2.25. The van der Waals surface area contributed by atoms with Gasteiger partial charge in [0, 0.05) is 151 Å². The molecule has 2 amide bonds. The first-order valence-corrected chi connectivity index (χ1v) is 30.3. The number of anilines is 6. The number of carbonyl (C=O) groups excluding carboxylic acids is 2. The average molecular weight is 1220 g/mol. The maximum absolute atomic E-state index is 13.6. The van der Waals surface area contributed by atoms with Gasteiger partial charge in [0.15, 0.2) is 23.0 Å². The lowest BCUT2D eigenvalue weighted by Crippen LogP contribution is -2.45. The Balaban J connectivity index is 0.000000213. The summed E-state index contributed by atoms with van der Waals surface area (Å²) in [4.78, 5) is 66.7. The van der Waals surface area contributed by atoms with Crippen molar-refractivity contribution in [2.45, 2.75) is 40.5 Å². The molecule has 4 aromatic heterocycles. The fraction of sp³-hybridized carbons (Fsp3) is 0.353. The standard InChI is InChI=1S/2C34H41N7O4/c2*1-25-8-7-9-26(2)32(25)45-34(42)41(17-14-27-10-5-6-15-35-27)31-13-16-36-33(38-31)37-28-11-12-29(30(24-28)43-4)44-23-22-40-20-18-39(3)19-21-40/h2*5-13,15-16,24H,14,17-23H2,1-4H3,(H,36,37,38). The van der Waals surface area contributed by atoms with E-state index in [2.05, 4.69) is 74.2 Å². The third-order valence-electron chi connectivity index (χ3n) is 15.5. The molecular weight excluding hydrogens is 1140 g/mol. The van der Waals surface area contributed by atoms with Gasteiger partial charge in [0.2, 0.25) is 11.9 Å². The summed E-state index contributed by atoms with van der Waals surface area (Å²) in [6.45, 7) is 19.6. The molecule has 2 aliphatic rings. The fourth-order valence-electron chi connectivity index (χ4n) is 10.2. The number of carbonyl (C=O) groups is 2. The molecule has 0 spiro atoms. The molecule has 0 radical (unpaired) electrons. The highest BCUT2D eigenvalue weighted by atomic mass is 16.6. The van der Waals surface area contributed by atoms with Crippen molar-refractivity contribution in [3.05, 3.63) is 180 Å². The molecule has 4 aromatic carbocycles. The van der Waals surface area contributed by atoms with E-state index in [1.54, 1.807) is 51.1 Å². The number of para-hydroxylation sites is 2. The van der Waals surface area contributed by atoms with E-state index in [1.807, 2.05) is 137 Å². The molecule has 0 bridgehead atoms. The molecule has 22 nitrogen and oxygen atoms in total. The fourth-order valence-corrected chi connectivity index (χ4v) is 10.2. The highest BCUT2D eigenvalue weighted by molar-refractivity contribution is 5.89. The number of nitrogens with zero attached hydrogens (tertiary/aromatic N) is 12. The van der Waals surface area contributed by atoms with Gasteiger partial charge in [-0.25, -0.2) is 19.6 Å². The van der Waals surface area contributed by atoms with Crippen LogP contribution in [0.3, 0.4) is 0 Å². The van der Waals surface area contributed by atoms with Gasteiger partial charge in [-0.15, -0.1) is 0 Å². The Kier molecular flexibility index (Phi) is 23.6. The number of nitrogens with one attached hydrogen (secondary N) is 2. The Morgan fingerprint density at radius 1 is 0.467 bits per heavy atom. The summed E-state index contributed by atoms with van der Waals surface area (Å²) in [6.07, 6.45) is 6.65. The van der Waals surface area contributed by atoms with Crippen LogP contribution in [0.25, 0.3) is 0 Å². The summed E-state index contributed by atoms with van der Waals surface area (Å²) < 4.78 is 35.2. The number of rotatable bonds is 24. The van der Waals surface area contributed by atoms with Gasteiger partial charge in [-0.3, -0.25) is 29.6 Å². The number of hydrogen-bond acceptors (Lipinski definition) is 20. The average Bonchev–Trinajstić information content (AvgIpc) is 2.08. The van der Waals surface area contributed by atoms with Crippen molar-refractivity contribution in [2.75, 3.05) is 140 Å². The monoisotopic (exact) mass is 1220 g/mol. The number of amides is 2. The molecule has 22 heteroatoms. The lowest BCUT2D eigenvalue weighted by molar-refractivity contribution is 0.133. The molecule has 8 aromatic rings. The van der Waals surface area contributed by atoms with Crippen molar-refractivity contribution < 1.29 is 38.0 Å². The topological polar surface area (TPSA) is 210 Å². The zero-order valence-electron chi connectivity index (χ0n) is 52.8. The number of methoxy groups -OCH3 is 2. The summed E-state index contributed by atoms with van der Waals surface area (Å²) in [5, 5.41) is 6.46. The van der Waals surface area contributed by atoms with Crippen molar-refractivity contribution in [1.29, 1.82) is 0 Å². The Hall–Kier alpha value is -9.48. The third-order valence-corrected chi connectivity index (χ3v) is 15.5. The van der Waals surface area contributed by atoms with Crippen LogP contribution in [0.15, 0.2) is 146 Å². The van der Waals surface area contributed by atoms with E-state index in [-0.39, 0.29) is 0 Å². The van der Waals surface area contributed by atoms with Gasteiger partial charge in [-0.1, -0.05) is 48.5 Å². The summed E-state index contributed by atoms with van der Waals surface area (Å²) in [5.41, 5.74) is 6.64. The van der Waals surface area contributed by atoms with E-state index in [9.17, 15) is 9.59 Å². The molecule has 2 saturated heterocycles. The number of aryl methyl sites for hydroxylation is 4. The zero-order chi connectivity index (χ0) is 63.2. The van der Waals surface area contributed by atoms with Crippen LogP contribution in [0.1, 0.15) is 33.6 Å².